The Bertz CT molecular complexity index is 1040. The molecule has 0 bridgehead atoms. The molecule has 4 aromatic rings. The van der Waals surface area contributed by atoms with Gasteiger partial charge in [-0.15, -0.1) is 11.3 Å². The van der Waals surface area contributed by atoms with Crippen LogP contribution in [-0.2, 0) is 13.0 Å². The van der Waals surface area contributed by atoms with Gasteiger partial charge in [-0.3, -0.25) is 0 Å². The molecule has 0 fully saturated rings. The first-order valence-electron chi connectivity index (χ1n) is 9.61. The van der Waals surface area contributed by atoms with E-state index in [9.17, 15) is 0 Å². The molecule has 0 aliphatic heterocycles. The zero-order valence-corrected chi connectivity index (χ0v) is 16.7. The lowest BCUT2D eigenvalue weighted by atomic mass is 10.1. The third kappa shape index (κ3) is 3.84. The highest BCUT2D eigenvalue weighted by molar-refractivity contribution is 7.13. The molecule has 6 nitrogen and oxygen atoms in total. The lowest BCUT2D eigenvalue weighted by Crippen LogP contribution is -2.09. The van der Waals surface area contributed by atoms with Crippen LogP contribution in [0.4, 0.5) is 11.8 Å². The van der Waals surface area contributed by atoms with Crippen LogP contribution in [0.2, 0.25) is 0 Å². The van der Waals surface area contributed by atoms with Crippen molar-refractivity contribution in [1.29, 1.82) is 0 Å². The quantitative estimate of drug-likeness (QED) is 0.429. The zero-order chi connectivity index (χ0) is 19.3. The Labute approximate surface area is 168 Å². The second kappa shape index (κ2) is 8.39. The van der Waals surface area contributed by atoms with E-state index in [1.165, 1.54) is 5.56 Å². The van der Waals surface area contributed by atoms with Gasteiger partial charge in [-0.2, -0.15) is 9.97 Å². The third-order valence-corrected chi connectivity index (χ3v) is 5.44. The summed E-state index contributed by atoms with van der Waals surface area (Å²) in [7, 11) is 0. The first kappa shape index (κ1) is 18.4. The van der Waals surface area contributed by atoms with Gasteiger partial charge in [0.2, 0.25) is 5.95 Å². The topological polar surface area (TPSA) is 81.7 Å². The Morgan fingerprint density at radius 2 is 1.93 bits per heavy atom. The molecule has 0 amide bonds. The fourth-order valence-electron chi connectivity index (χ4n) is 3.27. The number of aromatic nitrogens is 4. The van der Waals surface area contributed by atoms with Crippen molar-refractivity contribution in [3.63, 3.8) is 0 Å². The summed E-state index contributed by atoms with van der Waals surface area (Å²) in [5.74, 6) is 1.89. The first-order chi connectivity index (χ1) is 13.8. The summed E-state index contributed by atoms with van der Waals surface area (Å²) < 4.78 is 2.15. The highest BCUT2D eigenvalue weighted by Gasteiger charge is 2.18. The minimum Gasteiger partial charge on any atom is -0.382 e. The van der Waals surface area contributed by atoms with E-state index in [2.05, 4.69) is 57.5 Å². The van der Waals surface area contributed by atoms with E-state index in [1.54, 1.807) is 11.3 Å². The molecule has 0 aliphatic carbocycles. The van der Waals surface area contributed by atoms with Crippen molar-refractivity contribution in [2.45, 2.75) is 32.7 Å². The molecule has 0 spiro atoms. The van der Waals surface area contributed by atoms with Crippen molar-refractivity contribution < 1.29 is 0 Å². The van der Waals surface area contributed by atoms with Crippen molar-refractivity contribution in [2.24, 2.45) is 0 Å². The summed E-state index contributed by atoms with van der Waals surface area (Å²) in [6, 6.07) is 14.6. The summed E-state index contributed by atoms with van der Waals surface area (Å²) in [6.07, 6.45) is 3.01. The number of nitrogen functional groups attached to an aromatic ring is 1. The molecule has 0 atom stereocenters. The molecule has 7 heteroatoms. The molecule has 0 radical (unpaired) electrons. The lowest BCUT2D eigenvalue weighted by Gasteiger charge is -2.08. The Kier molecular flexibility index (Phi) is 5.53. The molecule has 0 saturated heterocycles. The van der Waals surface area contributed by atoms with Gasteiger partial charge in [0.1, 0.15) is 0 Å². The summed E-state index contributed by atoms with van der Waals surface area (Å²) in [5, 5.41) is 5.38. The predicted molar refractivity (Wildman–Crippen MR) is 117 cm³/mol. The minimum atomic E-state index is 0.420. The van der Waals surface area contributed by atoms with Gasteiger partial charge in [-0.25, -0.2) is 4.98 Å². The van der Waals surface area contributed by atoms with Crippen LogP contribution >= 0.6 is 11.3 Å². The van der Waals surface area contributed by atoms with Crippen LogP contribution in [0.5, 0.6) is 0 Å². The molecule has 3 N–H and O–H groups in total. The second-order valence-corrected chi connectivity index (χ2v) is 7.63. The van der Waals surface area contributed by atoms with Crippen LogP contribution in [-0.4, -0.2) is 26.1 Å². The maximum absolute atomic E-state index is 6.22. The van der Waals surface area contributed by atoms with E-state index in [0.717, 1.165) is 48.7 Å². The second-order valence-electron chi connectivity index (χ2n) is 6.68. The van der Waals surface area contributed by atoms with E-state index in [-0.39, 0.29) is 0 Å². The molecular formula is C21H24N6S. The molecule has 0 saturated carbocycles. The van der Waals surface area contributed by atoms with Crippen LogP contribution in [0.3, 0.4) is 0 Å². The van der Waals surface area contributed by atoms with Crippen molar-refractivity contribution in [1.82, 2.24) is 19.5 Å². The van der Waals surface area contributed by atoms with E-state index >= 15 is 0 Å². The largest absolute Gasteiger partial charge is 0.382 e. The molecule has 0 aliphatic rings. The number of thiophene rings is 1. The number of anilines is 2. The van der Waals surface area contributed by atoms with Crippen LogP contribution < -0.4 is 11.1 Å². The van der Waals surface area contributed by atoms with Gasteiger partial charge >= 0.3 is 0 Å². The van der Waals surface area contributed by atoms with Crippen molar-refractivity contribution in [3.8, 4) is 10.7 Å². The highest BCUT2D eigenvalue weighted by Crippen LogP contribution is 2.30. The molecule has 3 aromatic heterocycles. The van der Waals surface area contributed by atoms with Gasteiger partial charge in [0.15, 0.2) is 22.8 Å². The van der Waals surface area contributed by atoms with Crippen LogP contribution in [0, 0.1) is 0 Å². The van der Waals surface area contributed by atoms with Crippen molar-refractivity contribution in [3.05, 3.63) is 53.4 Å². The van der Waals surface area contributed by atoms with Gasteiger partial charge < -0.3 is 15.6 Å². The van der Waals surface area contributed by atoms with E-state index in [4.69, 9.17) is 15.7 Å². The summed E-state index contributed by atoms with van der Waals surface area (Å²) >= 11 is 1.67. The average molecular weight is 393 g/mol. The van der Waals surface area contributed by atoms with E-state index in [0.29, 0.717) is 17.3 Å². The van der Waals surface area contributed by atoms with Gasteiger partial charge in [-0.1, -0.05) is 43.3 Å². The molecule has 1 aromatic carbocycles. The monoisotopic (exact) mass is 392 g/mol. The normalized spacial score (nSPS) is 11.2. The fourth-order valence-corrected chi connectivity index (χ4v) is 3.99. The number of hydrogen-bond acceptors (Lipinski definition) is 6. The summed E-state index contributed by atoms with van der Waals surface area (Å²) in [5.41, 5.74) is 9.02. The molecule has 3 heterocycles. The smallest absolute Gasteiger partial charge is 0.226 e. The number of imidazole rings is 1. The Morgan fingerprint density at radius 1 is 1.07 bits per heavy atom. The summed E-state index contributed by atoms with van der Waals surface area (Å²) in [6.45, 7) is 3.78. The number of aryl methyl sites for hydroxylation is 2. The maximum atomic E-state index is 6.22. The van der Waals surface area contributed by atoms with Gasteiger partial charge in [-0.05, 0) is 36.3 Å². The van der Waals surface area contributed by atoms with Crippen LogP contribution in [0.25, 0.3) is 21.9 Å². The van der Waals surface area contributed by atoms with Crippen molar-refractivity contribution in [2.75, 3.05) is 17.6 Å². The number of nitrogens with zero attached hydrogens (tertiary/aromatic N) is 4. The standard InChI is InChI=1S/C21H24N6S/c1-2-13-27-19(16-11-7-14-28-16)24-17-18(22)25-21(26-20(17)27)23-12-6-10-15-8-4-3-5-9-15/h3-5,7-9,11,14H,2,6,10,12-13H2,1H3,(H3,22,23,25,26). The first-order valence-corrected chi connectivity index (χ1v) is 10.5. The van der Waals surface area contributed by atoms with Crippen LogP contribution in [0.15, 0.2) is 47.8 Å². The molecule has 0 unspecified atom stereocenters. The maximum Gasteiger partial charge on any atom is 0.226 e. The number of benzene rings is 1. The number of fused-ring (bicyclic) bond motifs is 1. The van der Waals surface area contributed by atoms with E-state index < -0.39 is 0 Å². The number of hydrogen-bond donors (Lipinski definition) is 2. The Morgan fingerprint density at radius 3 is 2.68 bits per heavy atom. The molecular weight excluding hydrogens is 368 g/mol. The number of nitrogens with two attached hydrogens (primary N) is 1. The fraction of sp³-hybridized carbons (Fsp3) is 0.286. The number of rotatable bonds is 8. The SMILES string of the molecule is CCCn1c(-c2cccs2)nc2c(N)nc(NCCCc3ccccc3)nc21. The Balaban J connectivity index is 1.55. The minimum absolute atomic E-state index is 0.420. The summed E-state index contributed by atoms with van der Waals surface area (Å²) in [4.78, 5) is 15.0. The van der Waals surface area contributed by atoms with E-state index in [1.807, 2.05) is 12.1 Å². The van der Waals surface area contributed by atoms with Crippen molar-refractivity contribution >= 4 is 34.3 Å². The van der Waals surface area contributed by atoms with Gasteiger partial charge in [0, 0.05) is 13.1 Å². The zero-order valence-electron chi connectivity index (χ0n) is 15.9. The third-order valence-electron chi connectivity index (χ3n) is 4.58. The predicted octanol–water partition coefficient (Wildman–Crippen LogP) is 4.59. The molecule has 4 rings (SSSR count). The molecule has 144 valence electrons. The lowest BCUT2D eigenvalue weighted by molar-refractivity contribution is 0.699. The number of nitrogens with one attached hydrogen (secondary N) is 1. The molecule has 28 heavy (non-hydrogen) atoms. The Hall–Kier alpha value is -2.93. The van der Waals surface area contributed by atoms with Gasteiger partial charge in [0.05, 0.1) is 4.88 Å². The average Bonchev–Trinajstić information content (AvgIpc) is 3.35. The van der Waals surface area contributed by atoms with Crippen LogP contribution in [0.1, 0.15) is 25.3 Å². The highest BCUT2D eigenvalue weighted by atomic mass is 32.1. The van der Waals surface area contributed by atoms with Gasteiger partial charge in [0.25, 0.3) is 0 Å².